The Morgan fingerprint density at radius 1 is 1.14 bits per heavy atom. The quantitative estimate of drug-likeness (QED) is 0.650. The molecule has 0 unspecified atom stereocenters. The Labute approximate surface area is 172 Å². The summed E-state index contributed by atoms with van der Waals surface area (Å²) >= 11 is 3.31. The molecule has 28 heavy (non-hydrogen) atoms. The smallest absolute Gasteiger partial charge is 0.262 e. The number of carbonyl (C=O) groups excluding carboxylic acids is 1. The number of halogens is 1. The zero-order chi connectivity index (χ0) is 20.1. The van der Waals surface area contributed by atoms with Gasteiger partial charge in [0.25, 0.3) is 5.91 Å². The fourth-order valence-electron chi connectivity index (χ4n) is 2.94. The summed E-state index contributed by atoms with van der Waals surface area (Å²) in [6, 6.07) is 11.2. The third kappa shape index (κ3) is 4.91. The molecule has 0 aromatic heterocycles. The lowest BCUT2D eigenvalue weighted by atomic mass is 10.2. The van der Waals surface area contributed by atoms with Crippen molar-refractivity contribution >= 4 is 37.5 Å². The third-order valence-corrected chi connectivity index (χ3v) is 6.80. The molecule has 0 atom stereocenters. The zero-order valence-electron chi connectivity index (χ0n) is 15.1. The first-order valence-electron chi connectivity index (χ1n) is 8.82. The average Bonchev–Trinajstić information content (AvgIpc) is 3.23. The van der Waals surface area contributed by atoms with Crippen molar-refractivity contribution in [3.63, 3.8) is 0 Å². The van der Waals surface area contributed by atoms with Crippen LogP contribution in [0.15, 0.2) is 51.8 Å². The maximum atomic E-state index is 12.5. The molecule has 2 aromatic rings. The molecule has 2 aromatic carbocycles. The van der Waals surface area contributed by atoms with E-state index in [9.17, 15) is 18.3 Å². The van der Waals surface area contributed by atoms with Crippen LogP contribution in [0.5, 0.6) is 5.75 Å². The molecule has 9 heteroatoms. The van der Waals surface area contributed by atoms with Crippen LogP contribution in [-0.4, -0.2) is 43.4 Å². The topological polar surface area (TPSA) is 95.9 Å². The van der Waals surface area contributed by atoms with Gasteiger partial charge in [-0.2, -0.15) is 4.31 Å². The molecule has 2 N–H and O–H groups in total. The van der Waals surface area contributed by atoms with Crippen LogP contribution < -0.4 is 10.1 Å². The zero-order valence-corrected chi connectivity index (χ0v) is 17.5. The number of benzene rings is 2. The molecule has 0 spiro atoms. The molecule has 150 valence electrons. The van der Waals surface area contributed by atoms with Crippen molar-refractivity contribution < 1.29 is 23.1 Å². The van der Waals surface area contributed by atoms with E-state index in [0.29, 0.717) is 30.1 Å². The van der Waals surface area contributed by atoms with Crippen LogP contribution in [0.3, 0.4) is 0 Å². The number of amides is 1. The van der Waals surface area contributed by atoms with Crippen molar-refractivity contribution in [1.29, 1.82) is 0 Å². The van der Waals surface area contributed by atoms with Gasteiger partial charge in [-0.05, 0) is 55.3 Å². The van der Waals surface area contributed by atoms with Crippen LogP contribution in [0.1, 0.15) is 18.4 Å². The third-order valence-electron chi connectivity index (χ3n) is 4.39. The predicted octanol–water partition coefficient (Wildman–Crippen LogP) is 2.74. The van der Waals surface area contributed by atoms with Gasteiger partial charge in [-0.3, -0.25) is 4.79 Å². The van der Waals surface area contributed by atoms with Crippen LogP contribution in [0, 0.1) is 0 Å². The first-order chi connectivity index (χ1) is 13.4. The minimum Gasteiger partial charge on any atom is -0.483 e. The lowest BCUT2D eigenvalue weighted by Crippen LogP contribution is -2.27. The van der Waals surface area contributed by atoms with Crippen molar-refractivity contribution in [2.24, 2.45) is 0 Å². The molecule has 3 rings (SSSR count). The molecule has 0 radical (unpaired) electrons. The minimum atomic E-state index is -3.47. The normalized spacial score (nSPS) is 14.8. The number of nitrogens with zero attached hydrogens (tertiary/aromatic N) is 1. The van der Waals surface area contributed by atoms with E-state index in [1.54, 1.807) is 30.3 Å². The van der Waals surface area contributed by atoms with Crippen LogP contribution in [0.25, 0.3) is 0 Å². The first-order valence-corrected chi connectivity index (χ1v) is 11.1. The van der Waals surface area contributed by atoms with E-state index in [2.05, 4.69) is 21.2 Å². The summed E-state index contributed by atoms with van der Waals surface area (Å²) in [6.07, 6.45) is 1.76. The molecular formula is C19H21BrN2O5S. The number of hydrogen-bond acceptors (Lipinski definition) is 5. The fourth-order valence-corrected chi connectivity index (χ4v) is 4.87. The Morgan fingerprint density at radius 3 is 2.46 bits per heavy atom. The lowest BCUT2D eigenvalue weighted by molar-refractivity contribution is -0.118. The number of aliphatic hydroxyl groups excluding tert-OH is 1. The Balaban J connectivity index is 1.59. The number of aliphatic hydroxyl groups is 1. The lowest BCUT2D eigenvalue weighted by Gasteiger charge is -2.15. The number of carbonyl (C=O) groups is 1. The van der Waals surface area contributed by atoms with Gasteiger partial charge in [-0.15, -0.1) is 0 Å². The van der Waals surface area contributed by atoms with Gasteiger partial charge < -0.3 is 15.2 Å². The summed E-state index contributed by atoms with van der Waals surface area (Å²) in [5.41, 5.74) is 1.05. The van der Waals surface area contributed by atoms with Crippen LogP contribution in [0.4, 0.5) is 5.69 Å². The summed E-state index contributed by atoms with van der Waals surface area (Å²) < 4.78 is 32.8. The monoisotopic (exact) mass is 468 g/mol. The highest BCUT2D eigenvalue weighted by atomic mass is 79.9. The summed E-state index contributed by atoms with van der Waals surface area (Å²) in [7, 11) is -3.47. The molecule has 1 aliphatic heterocycles. The minimum absolute atomic E-state index is 0.205. The number of hydrogen-bond donors (Lipinski definition) is 2. The fraction of sp³-hybridized carbons (Fsp3) is 0.316. The Morgan fingerprint density at radius 2 is 1.82 bits per heavy atom. The summed E-state index contributed by atoms with van der Waals surface area (Å²) in [6.45, 7) is 0.653. The van der Waals surface area contributed by atoms with Crippen molar-refractivity contribution in [2.45, 2.75) is 24.3 Å². The van der Waals surface area contributed by atoms with E-state index in [-0.39, 0.29) is 24.0 Å². The van der Waals surface area contributed by atoms with Gasteiger partial charge in [0.05, 0.1) is 11.5 Å². The second kappa shape index (κ2) is 9.04. The Kier molecular flexibility index (Phi) is 6.71. The van der Waals surface area contributed by atoms with Crippen LogP contribution >= 0.6 is 15.9 Å². The molecule has 1 aliphatic rings. The molecule has 0 aliphatic carbocycles. The van der Waals surface area contributed by atoms with Gasteiger partial charge in [-0.25, -0.2) is 8.42 Å². The predicted molar refractivity (Wildman–Crippen MR) is 109 cm³/mol. The first kappa shape index (κ1) is 20.8. The summed E-state index contributed by atoms with van der Waals surface area (Å²) in [5, 5.41) is 12.0. The van der Waals surface area contributed by atoms with E-state index in [0.717, 1.165) is 17.3 Å². The van der Waals surface area contributed by atoms with E-state index < -0.39 is 10.0 Å². The number of rotatable bonds is 7. The van der Waals surface area contributed by atoms with E-state index in [1.165, 1.54) is 16.4 Å². The van der Waals surface area contributed by atoms with E-state index >= 15 is 0 Å². The highest BCUT2D eigenvalue weighted by Gasteiger charge is 2.26. The molecule has 1 amide bonds. The van der Waals surface area contributed by atoms with Gasteiger partial charge in [0.15, 0.2) is 6.61 Å². The second-order valence-corrected chi connectivity index (χ2v) is 9.24. The molecule has 1 heterocycles. The van der Waals surface area contributed by atoms with Crippen molar-refractivity contribution in [3.8, 4) is 5.75 Å². The average molecular weight is 469 g/mol. The standard InChI is InChI=1S/C19H21BrN2O5S/c20-15-3-8-18(14(11-15)12-23)27-13-19(24)21-16-4-6-17(7-5-16)28(25,26)22-9-1-2-10-22/h3-8,11,23H,1-2,9-10,12-13H2,(H,21,24). The van der Waals surface area contributed by atoms with Crippen molar-refractivity contribution in [1.82, 2.24) is 4.31 Å². The van der Waals surface area contributed by atoms with E-state index in [1.807, 2.05) is 0 Å². The molecule has 0 bridgehead atoms. The van der Waals surface area contributed by atoms with Gasteiger partial charge in [0.2, 0.25) is 10.0 Å². The highest BCUT2D eigenvalue weighted by molar-refractivity contribution is 9.10. The number of sulfonamides is 1. The maximum absolute atomic E-state index is 12.5. The molecule has 0 saturated carbocycles. The van der Waals surface area contributed by atoms with Crippen molar-refractivity contribution in [3.05, 3.63) is 52.5 Å². The molecule has 1 saturated heterocycles. The van der Waals surface area contributed by atoms with Gasteiger partial charge >= 0.3 is 0 Å². The summed E-state index contributed by atoms with van der Waals surface area (Å²) in [4.78, 5) is 12.3. The van der Waals surface area contributed by atoms with Gasteiger partial charge in [-0.1, -0.05) is 15.9 Å². The molecule has 1 fully saturated rings. The SMILES string of the molecule is O=C(COc1ccc(Br)cc1CO)Nc1ccc(S(=O)(=O)N2CCCC2)cc1. The number of ether oxygens (including phenoxy) is 1. The Hall–Kier alpha value is -1.94. The number of nitrogens with one attached hydrogen (secondary N) is 1. The van der Waals surface area contributed by atoms with E-state index in [4.69, 9.17) is 4.74 Å². The largest absolute Gasteiger partial charge is 0.483 e. The number of anilines is 1. The van der Waals surface area contributed by atoms with Crippen molar-refractivity contribution in [2.75, 3.05) is 25.0 Å². The molecule has 7 nitrogen and oxygen atoms in total. The molecular weight excluding hydrogens is 448 g/mol. The maximum Gasteiger partial charge on any atom is 0.262 e. The summed E-state index contributed by atoms with van der Waals surface area (Å²) in [5.74, 6) is 0.0369. The van der Waals surface area contributed by atoms with Crippen LogP contribution in [-0.2, 0) is 21.4 Å². The Bertz CT molecular complexity index is 941. The van der Waals surface area contributed by atoms with Gasteiger partial charge in [0, 0.05) is 28.8 Å². The van der Waals surface area contributed by atoms with Gasteiger partial charge in [0.1, 0.15) is 5.75 Å². The highest BCUT2D eigenvalue weighted by Crippen LogP contribution is 2.24. The van der Waals surface area contributed by atoms with Crippen LogP contribution in [0.2, 0.25) is 0 Å². The second-order valence-electron chi connectivity index (χ2n) is 6.38.